The summed E-state index contributed by atoms with van der Waals surface area (Å²) in [6, 6.07) is 10.1. The average molecular weight is 383 g/mol. The van der Waals surface area contributed by atoms with Crippen LogP contribution in [0.25, 0.3) is 0 Å². The fourth-order valence-electron chi connectivity index (χ4n) is 2.22. The lowest BCUT2D eigenvalue weighted by atomic mass is 10.1. The molecule has 0 fully saturated rings. The van der Waals surface area contributed by atoms with Crippen LogP contribution in [-0.2, 0) is 11.2 Å². The number of non-ortho nitro benzene ring substituents is 1. The largest absolute Gasteiger partial charge is 0.490 e. The summed E-state index contributed by atoms with van der Waals surface area (Å²) in [5, 5.41) is 10.8. The normalized spacial score (nSPS) is 11.1. The van der Waals surface area contributed by atoms with E-state index in [9.17, 15) is 28.1 Å². The summed E-state index contributed by atoms with van der Waals surface area (Å²) < 4.78 is 48.1. The summed E-state index contributed by atoms with van der Waals surface area (Å²) in [5.41, 5.74) is 0.690. The minimum absolute atomic E-state index is 0.0145. The lowest BCUT2D eigenvalue weighted by Gasteiger charge is -2.13. The number of Topliss-reactive ketones (excluding diaryl/α,β-unsaturated/α-hetero) is 1. The Hall–Kier alpha value is -3.10. The number of ether oxygens (including phenoxy) is 2. The maximum atomic E-state index is 12.4. The number of carbonyl (C=O) groups is 1. The maximum absolute atomic E-state index is 12.4. The van der Waals surface area contributed by atoms with Crippen LogP contribution in [0.2, 0.25) is 0 Å². The maximum Gasteiger partial charge on any atom is 0.450 e. The van der Waals surface area contributed by atoms with E-state index in [2.05, 4.69) is 0 Å². The van der Waals surface area contributed by atoms with Gasteiger partial charge in [0, 0.05) is 18.1 Å². The standard InChI is InChI=1S/C18H16F3NO5/c1-12-6-7-14(22(24)25)11-16(12)27-9-8-26-15-5-3-2-4-13(15)10-17(23)18(19,20)21/h2-7,11H,8-10H2,1H3. The van der Waals surface area contributed by atoms with Gasteiger partial charge in [-0.1, -0.05) is 18.2 Å². The van der Waals surface area contributed by atoms with Crippen LogP contribution in [0.5, 0.6) is 11.5 Å². The molecule has 0 unspecified atom stereocenters. The van der Waals surface area contributed by atoms with Crippen molar-refractivity contribution in [3.8, 4) is 11.5 Å². The predicted octanol–water partition coefficient (Wildman–Crippen LogP) is 4.03. The SMILES string of the molecule is Cc1ccc([N+](=O)[O-])cc1OCCOc1ccccc1CC(=O)C(F)(F)F. The lowest BCUT2D eigenvalue weighted by molar-refractivity contribution is -0.385. The van der Waals surface area contributed by atoms with Gasteiger partial charge in [0.1, 0.15) is 24.7 Å². The first-order valence-electron chi connectivity index (χ1n) is 7.87. The zero-order valence-electron chi connectivity index (χ0n) is 14.3. The fourth-order valence-corrected chi connectivity index (χ4v) is 2.22. The molecule has 9 heteroatoms. The number of hydrogen-bond donors (Lipinski definition) is 0. The number of ketones is 1. The molecule has 6 nitrogen and oxygen atoms in total. The highest BCUT2D eigenvalue weighted by Crippen LogP contribution is 2.25. The molecule has 0 amide bonds. The van der Waals surface area contributed by atoms with Crippen molar-refractivity contribution in [2.45, 2.75) is 19.5 Å². The second kappa shape index (κ2) is 8.52. The monoisotopic (exact) mass is 383 g/mol. The van der Waals surface area contributed by atoms with Crippen LogP contribution in [0.4, 0.5) is 18.9 Å². The van der Waals surface area contributed by atoms with E-state index in [0.29, 0.717) is 11.3 Å². The molecule has 0 aliphatic rings. The van der Waals surface area contributed by atoms with E-state index < -0.39 is 23.3 Å². The highest BCUT2D eigenvalue weighted by Gasteiger charge is 2.38. The Morgan fingerprint density at radius 1 is 1.07 bits per heavy atom. The van der Waals surface area contributed by atoms with Crippen LogP contribution in [0, 0.1) is 17.0 Å². The number of halogens is 3. The Balaban J connectivity index is 1.96. The van der Waals surface area contributed by atoms with Crippen molar-refractivity contribution in [2.24, 2.45) is 0 Å². The number of benzene rings is 2. The number of nitrogens with zero attached hydrogens (tertiary/aromatic N) is 1. The second-order valence-electron chi connectivity index (χ2n) is 5.61. The molecule has 0 N–H and O–H groups in total. The number of alkyl halides is 3. The zero-order valence-corrected chi connectivity index (χ0v) is 14.3. The van der Waals surface area contributed by atoms with Crippen molar-refractivity contribution in [3.63, 3.8) is 0 Å². The predicted molar refractivity (Wildman–Crippen MR) is 90.0 cm³/mol. The fraction of sp³-hybridized carbons (Fsp3) is 0.278. The highest BCUT2D eigenvalue weighted by atomic mass is 19.4. The van der Waals surface area contributed by atoms with Gasteiger partial charge in [-0.3, -0.25) is 14.9 Å². The van der Waals surface area contributed by atoms with Gasteiger partial charge in [0.2, 0.25) is 5.78 Å². The third-order valence-electron chi connectivity index (χ3n) is 3.62. The van der Waals surface area contributed by atoms with Crippen molar-refractivity contribution in [1.82, 2.24) is 0 Å². The molecule has 2 rings (SSSR count). The molecule has 0 bridgehead atoms. The first kappa shape index (κ1) is 20.2. The zero-order chi connectivity index (χ0) is 20.0. The smallest absolute Gasteiger partial charge is 0.450 e. The molecule has 0 saturated heterocycles. The molecule has 0 spiro atoms. The molecule has 2 aromatic rings. The van der Waals surface area contributed by atoms with E-state index in [-0.39, 0.29) is 30.2 Å². The van der Waals surface area contributed by atoms with Gasteiger partial charge < -0.3 is 9.47 Å². The third kappa shape index (κ3) is 5.70. The van der Waals surface area contributed by atoms with Crippen LogP contribution in [-0.4, -0.2) is 30.1 Å². The third-order valence-corrected chi connectivity index (χ3v) is 3.62. The molecule has 0 radical (unpaired) electrons. The van der Waals surface area contributed by atoms with E-state index in [1.165, 1.54) is 30.3 Å². The number of nitro benzene ring substituents is 1. The molecule has 0 saturated carbocycles. The Bertz CT molecular complexity index is 836. The Morgan fingerprint density at radius 2 is 1.70 bits per heavy atom. The average Bonchev–Trinajstić information content (AvgIpc) is 2.60. The molecular weight excluding hydrogens is 367 g/mol. The topological polar surface area (TPSA) is 78.7 Å². The van der Waals surface area contributed by atoms with E-state index in [1.807, 2.05) is 0 Å². The molecule has 0 atom stereocenters. The summed E-state index contributed by atoms with van der Waals surface area (Å²) in [6.07, 6.45) is -5.72. The lowest BCUT2D eigenvalue weighted by Crippen LogP contribution is -2.24. The number of aryl methyl sites for hydroxylation is 1. The molecule has 0 aliphatic heterocycles. The van der Waals surface area contributed by atoms with Gasteiger partial charge in [-0.2, -0.15) is 13.2 Å². The van der Waals surface area contributed by atoms with Gasteiger partial charge in [0.25, 0.3) is 5.69 Å². The minimum Gasteiger partial charge on any atom is -0.490 e. The quantitative estimate of drug-likeness (QED) is 0.391. The van der Waals surface area contributed by atoms with Gasteiger partial charge in [0.15, 0.2) is 0 Å². The van der Waals surface area contributed by atoms with Crippen LogP contribution in [0.15, 0.2) is 42.5 Å². The molecule has 2 aromatic carbocycles. The van der Waals surface area contributed by atoms with Crippen LogP contribution in [0.3, 0.4) is 0 Å². The number of carbonyl (C=O) groups excluding carboxylic acids is 1. The van der Waals surface area contributed by atoms with Crippen LogP contribution < -0.4 is 9.47 Å². The van der Waals surface area contributed by atoms with Gasteiger partial charge in [-0.05, 0) is 24.6 Å². The van der Waals surface area contributed by atoms with E-state index in [4.69, 9.17) is 9.47 Å². The summed E-state index contributed by atoms with van der Waals surface area (Å²) in [4.78, 5) is 21.4. The van der Waals surface area contributed by atoms with E-state index in [1.54, 1.807) is 19.1 Å². The van der Waals surface area contributed by atoms with Crippen molar-refractivity contribution < 1.29 is 32.4 Å². The number of nitro groups is 1. The Labute approximate surface area is 152 Å². The first-order chi connectivity index (χ1) is 12.7. The van der Waals surface area contributed by atoms with Crippen LogP contribution in [0.1, 0.15) is 11.1 Å². The summed E-state index contributed by atoms with van der Waals surface area (Å²) in [5.74, 6) is -1.40. The van der Waals surface area contributed by atoms with Crippen molar-refractivity contribution in [1.29, 1.82) is 0 Å². The highest BCUT2D eigenvalue weighted by molar-refractivity contribution is 5.86. The number of rotatable bonds is 8. The van der Waals surface area contributed by atoms with Gasteiger partial charge in [-0.15, -0.1) is 0 Å². The van der Waals surface area contributed by atoms with Gasteiger partial charge >= 0.3 is 6.18 Å². The summed E-state index contributed by atoms with van der Waals surface area (Å²) >= 11 is 0. The molecular formula is C18H16F3NO5. The minimum atomic E-state index is -4.91. The Kier molecular flexibility index (Phi) is 6.38. The molecule has 0 aliphatic carbocycles. The van der Waals surface area contributed by atoms with Gasteiger partial charge in [-0.25, -0.2) is 0 Å². The first-order valence-corrected chi connectivity index (χ1v) is 7.87. The van der Waals surface area contributed by atoms with Crippen molar-refractivity contribution in [3.05, 3.63) is 63.7 Å². The molecule has 0 heterocycles. The second-order valence-corrected chi connectivity index (χ2v) is 5.61. The number of hydrogen-bond acceptors (Lipinski definition) is 5. The molecule has 27 heavy (non-hydrogen) atoms. The van der Waals surface area contributed by atoms with Gasteiger partial charge in [0.05, 0.1) is 11.0 Å². The molecule has 144 valence electrons. The summed E-state index contributed by atoms with van der Waals surface area (Å²) in [6.45, 7) is 1.72. The van der Waals surface area contributed by atoms with E-state index in [0.717, 1.165) is 0 Å². The molecule has 0 aromatic heterocycles. The summed E-state index contributed by atoms with van der Waals surface area (Å²) in [7, 11) is 0. The number of para-hydroxylation sites is 1. The Morgan fingerprint density at radius 3 is 2.33 bits per heavy atom. The van der Waals surface area contributed by atoms with Crippen molar-refractivity contribution in [2.75, 3.05) is 13.2 Å². The van der Waals surface area contributed by atoms with Crippen molar-refractivity contribution >= 4 is 11.5 Å². The van der Waals surface area contributed by atoms with E-state index >= 15 is 0 Å². The van der Waals surface area contributed by atoms with Crippen LogP contribution >= 0.6 is 0 Å².